The van der Waals surface area contributed by atoms with Crippen LogP contribution in [0.5, 0.6) is 5.75 Å². The Morgan fingerprint density at radius 3 is 2.54 bits per heavy atom. The van der Waals surface area contributed by atoms with E-state index in [1.54, 1.807) is 24.3 Å². The van der Waals surface area contributed by atoms with Gasteiger partial charge in [-0.3, -0.25) is 14.4 Å². The Morgan fingerprint density at radius 2 is 1.88 bits per heavy atom. The molecule has 0 bridgehead atoms. The molecule has 1 aliphatic carbocycles. The lowest BCUT2D eigenvalue weighted by Crippen LogP contribution is -2.34. The van der Waals surface area contributed by atoms with Crippen LogP contribution in [0.3, 0.4) is 0 Å². The molecule has 24 heavy (non-hydrogen) atoms. The maximum absolute atomic E-state index is 12.0. The number of nitrogens with one attached hydrogen (secondary N) is 2. The van der Waals surface area contributed by atoms with Gasteiger partial charge in [-0.1, -0.05) is 11.6 Å². The predicted molar refractivity (Wildman–Crippen MR) is 89.6 cm³/mol. The SMILES string of the molecule is CC(=O)Oc1cccc(C(=O)NCCNC(=O)/C=C(\C)C2CC2)c1. The Labute approximate surface area is 141 Å². The minimum Gasteiger partial charge on any atom is -0.427 e. The second-order valence-electron chi connectivity index (χ2n) is 5.83. The molecule has 0 radical (unpaired) electrons. The molecule has 6 heteroatoms. The molecule has 0 saturated heterocycles. The number of esters is 1. The number of carbonyl (C=O) groups is 3. The quantitative estimate of drug-likeness (QED) is 0.346. The lowest BCUT2D eigenvalue weighted by atomic mass is 10.2. The van der Waals surface area contributed by atoms with Crippen molar-refractivity contribution in [3.8, 4) is 5.75 Å². The van der Waals surface area contributed by atoms with Gasteiger partial charge in [0.05, 0.1) is 0 Å². The van der Waals surface area contributed by atoms with E-state index in [2.05, 4.69) is 10.6 Å². The summed E-state index contributed by atoms with van der Waals surface area (Å²) in [5, 5.41) is 5.45. The molecule has 2 rings (SSSR count). The summed E-state index contributed by atoms with van der Waals surface area (Å²) in [5.74, 6) is 0.0300. The average Bonchev–Trinajstić information content (AvgIpc) is 3.35. The highest BCUT2D eigenvalue weighted by Gasteiger charge is 2.23. The molecule has 0 spiro atoms. The van der Waals surface area contributed by atoms with Gasteiger partial charge in [0.15, 0.2) is 0 Å². The van der Waals surface area contributed by atoms with Crippen LogP contribution < -0.4 is 15.4 Å². The Balaban J connectivity index is 1.74. The maximum atomic E-state index is 12.0. The van der Waals surface area contributed by atoms with Crippen LogP contribution in [0, 0.1) is 5.92 Å². The summed E-state index contributed by atoms with van der Waals surface area (Å²) in [6.45, 7) is 3.94. The van der Waals surface area contributed by atoms with Crippen molar-refractivity contribution in [3.63, 3.8) is 0 Å². The molecular weight excluding hydrogens is 308 g/mol. The van der Waals surface area contributed by atoms with Crippen molar-refractivity contribution in [1.29, 1.82) is 0 Å². The number of benzene rings is 1. The number of allylic oxidation sites excluding steroid dienone is 1. The zero-order chi connectivity index (χ0) is 17.5. The molecule has 1 fully saturated rings. The number of carbonyl (C=O) groups excluding carboxylic acids is 3. The fourth-order valence-corrected chi connectivity index (χ4v) is 2.24. The number of hydrogen-bond acceptors (Lipinski definition) is 4. The summed E-state index contributed by atoms with van der Waals surface area (Å²) >= 11 is 0. The molecule has 0 aromatic heterocycles. The average molecular weight is 330 g/mol. The molecule has 1 aromatic rings. The molecule has 1 saturated carbocycles. The normalized spacial score (nSPS) is 14.0. The first kappa shape index (κ1) is 17.7. The van der Waals surface area contributed by atoms with E-state index in [-0.39, 0.29) is 11.8 Å². The summed E-state index contributed by atoms with van der Waals surface area (Å²) in [6, 6.07) is 6.37. The Kier molecular flexibility index (Phi) is 6.12. The van der Waals surface area contributed by atoms with Gasteiger partial charge in [-0.2, -0.15) is 0 Å². The zero-order valence-corrected chi connectivity index (χ0v) is 13.9. The largest absolute Gasteiger partial charge is 0.427 e. The molecule has 2 N–H and O–H groups in total. The second-order valence-corrected chi connectivity index (χ2v) is 5.83. The maximum Gasteiger partial charge on any atom is 0.308 e. The van der Waals surface area contributed by atoms with Gasteiger partial charge in [0, 0.05) is 31.7 Å². The zero-order valence-electron chi connectivity index (χ0n) is 13.9. The van der Waals surface area contributed by atoms with E-state index >= 15 is 0 Å². The van der Waals surface area contributed by atoms with Crippen molar-refractivity contribution in [2.24, 2.45) is 5.92 Å². The molecular formula is C18H22N2O4. The standard InChI is InChI=1S/C18H22N2O4/c1-12(14-6-7-14)10-17(22)19-8-9-20-18(23)15-4-3-5-16(11-15)24-13(2)21/h3-5,10-11,14H,6-9H2,1-2H3,(H,19,22)(H,20,23)/b12-10+. The van der Waals surface area contributed by atoms with Gasteiger partial charge in [0.25, 0.3) is 5.91 Å². The van der Waals surface area contributed by atoms with Crippen molar-refractivity contribution in [1.82, 2.24) is 10.6 Å². The Morgan fingerprint density at radius 1 is 1.17 bits per heavy atom. The summed E-state index contributed by atoms with van der Waals surface area (Å²) in [6.07, 6.45) is 3.96. The fraction of sp³-hybridized carbons (Fsp3) is 0.389. The molecule has 0 aliphatic heterocycles. The van der Waals surface area contributed by atoms with E-state index in [0.717, 1.165) is 18.4 Å². The first-order chi connectivity index (χ1) is 11.5. The second kappa shape index (κ2) is 8.29. The highest BCUT2D eigenvalue weighted by molar-refractivity contribution is 5.94. The smallest absolute Gasteiger partial charge is 0.308 e. The van der Waals surface area contributed by atoms with Crippen LogP contribution in [0.2, 0.25) is 0 Å². The van der Waals surface area contributed by atoms with Crippen LogP contribution in [0.4, 0.5) is 0 Å². The monoisotopic (exact) mass is 330 g/mol. The van der Waals surface area contributed by atoms with E-state index in [1.807, 2.05) is 6.92 Å². The van der Waals surface area contributed by atoms with Crippen LogP contribution in [0.25, 0.3) is 0 Å². The highest BCUT2D eigenvalue weighted by atomic mass is 16.5. The van der Waals surface area contributed by atoms with Crippen molar-refractivity contribution in [2.45, 2.75) is 26.7 Å². The van der Waals surface area contributed by atoms with Gasteiger partial charge in [-0.05, 0) is 43.9 Å². The first-order valence-electron chi connectivity index (χ1n) is 7.98. The van der Waals surface area contributed by atoms with Gasteiger partial charge >= 0.3 is 5.97 Å². The van der Waals surface area contributed by atoms with E-state index in [0.29, 0.717) is 30.3 Å². The van der Waals surface area contributed by atoms with Crippen LogP contribution in [-0.4, -0.2) is 30.9 Å². The summed E-state index contributed by atoms with van der Waals surface area (Å²) < 4.78 is 4.94. The molecule has 0 unspecified atom stereocenters. The van der Waals surface area contributed by atoms with Crippen LogP contribution >= 0.6 is 0 Å². The Bertz CT molecular complexity index is 663. The van der Waals surface area contributed by atoms with Gasteiger partial charge in [-0.15, -0.1) is 0 Å². The van der Waals surface area contributed by atoms with Gasteiger partial charge in [0.2, 0.25) is 5.91 Å². The fourth-order valence-electron chi connectivity index (χ4n) is 2.24. The minimum atomic E-state index is -0.440. The van der Waals surface area contributed by atoms with Crippen molar-refractivity contribution >= 4 is 17.8 Å². The third kappa shape index (κ3) is 5.87. The van der Waals surface area contributed by atoms with E-state index in [1.165, 1.54) is 13.0 Å². The molecule has 0 heterocycles. The summed E-state index contributed by atoms with van der Waals surface area (Å²) in [4.78, 5) is 34.6. The number of hydrogen-bond donors (Lipinski definition) is 2. The first-order valence-corrected chi connectivity index (χ1v) is 7.98. The topological polar surface area (TPSA) is 84.5 Å². The van der Waals surface area contributed by atoms with E-state index in [9.17, 15) is 14.4 Å². The van der Waals surface area contributed by atoms with E-state index < -0.39 is 5.97 Å². The van der Waals surface area contributed by atoms with E-state index in [4.69, 9.17) is 4.74 Å². The van der Waals surface area contributed by atoms with Crippen molar-refractivity contribution in [2.75, 3.05) is 13.1 Å². The third-order valence-corrected chi connectivity index (χ3v) is 3.65. The van der Waals surface area contributed by atoms with Crippen LogP contribution in [0.1, 0.15) is 37.0 Å². The van der Waals surface area contributed by atoms with Crippen LogP contribution in [0.15, 0.2) is 35.9 Å². The summed E-state index contributed by atoms with van der Waals surface area (Å²) in [7, 11) is 0. The minimum absolute atomic E-state index is 0.134. The lowest BCUT2D eigenvalue weighted by molar-refractivity contribution is -0.131. The third-order valence-electron chi connectivity index (χ3n) is 3.65. The number of amides is 2. The molecule has 6 nitrogen and oxygen atoms in total. The van der Waals surface area contributed by atoms with Crippen LogP contribution in [-0.2, 0) is 9.59 Å². The highest BCUT2D eigenvalue weighted by Crippen LogP contribution is 2.35. The van der Waals surface area contributed by atoms with Gasteiger partial charge in [-0.25, -0.2) is 0 Å². The summed E-state index contributed by atoms with van der Waals surface area (Å²) in [5.41, 5.74) is 1.50. The van der Waals surface area contributed by atoms with Gasteiger partial charge in [0.1, 0.15) is 5.75 Å². The van der Waals surface area contributed by atoms with Crippen molar-refractivity contribution < 1.29 is 19.1 Å². The molecule has 1 aromatic carbocycles. The number of rotatable bonds is 7. The predicted octanol–water partition coefficient (Wildman–Crippen LogP) is 1.81. The lowest BCUT2D eigenvalue weighted by Gasteiger charge is -2.07. The Hall–Kier alpha value is -2.63. The van der Waals surface area contributed by atoms with Crippen molar-refractivity contribution in [3.05, 3.63) is 41.5 Å². The number of ether oxygens (including phenoxy) is 1. The molecule has 2 amide bonds. The van der Waals surface area contributed by atoms with Gasteiger partial charge < -0.3 is 15.4 Å². The molecule has 128 valence electrons. The molecule has 1 aliphatic rings. The molecule has 0 atom stereocenters.